The molecule has 1 aliphatic carbocycles. The van der Waals surface area contributed by atoms with E-state index in [1.165, 1.54) is 24.6 Å². The van der Waals surface area contributed by atoms with E-state index in [-0.39, 0.29) is 5.91 Å². The van der Waals surface area contributed by atoms with Crippen molar-refractivity contribution in [2.24, 2.45) is 5.92 Å². The van der Waals surface area contributed by atoms with Gasteiger partial charge in [-0.15, -0.1) is 0 Å². The lowest BCUT2D eigenvalue weighted by atomic mass is 9.90. The first-order valence-corrected chi connectivity index (χ1v) is 10.2. The Morgan fingerprint density at radius 1 is 1.18 bits per heavy atom. The van der Waals surface area contributed by atoms with Gasteiger partial charge in [-0.2, -0.15) is 15.4 Å². The average Bonchev–Trinajstić information content (AvgIpc) is 3.43. The first-order chi connectivity index (χ1) is 13.7. The van der Waals surface area contributed by atoms with Gasteiger partial charge in [0.15, 0.2) is 17.2 Å². The largest absolute Gasteiger partial charge is 0.493 e. The van der Waals surface area contributed by atoms with Crippen molar-refractivity contribution >= 4 is 5.91 Å². The van der Waals surface area contributed by atoms with E-state index >= 15 is 0 Å². The second-order valence-corrected chi connectivity index (χ2v) is 7.80. The lowest BCUT2D eigenvalue weighted by Crippen LogP contribution is -2.39. The van der Waals surface area contributed by atoms with E-state index < -0.39 is 0 Å². The Morgan fingerprint density at radius 3 is 2.64 bits per heavy atom. The lowest BCUT2D eigenvalue weighted by Gasteiger charge is -2.31. The number of methoxy groups -OCH3 is 1. The zero-order valence-electron chi connectivity index (χ0n) is 16.4. The molecule has 0 radical (unpaired) electrons. The third-order valence-electron chi connectivity index (χ3n) is 5.88. The predicted molar refractivity (Wildman–Crippen MR) is 105 cm³/mol. The number of H-pyrrole nitrogens is 1. The molecular formula is C21H28N4O3. The molecule has 1 aliphatic heterocycles. The smallest absolute Gasteiger partial charge is 0.276 e. The second kappa shape index (κ2) is 8.63. The summed E-state index contributed by atoms with van der Waals surface area (Å²) in [4.78, 5) is 14.3. The summed E-state index contributed by atoms with van der Waals surface area (Å²) in [7, 11) is 1.69. The molecule has 1 amide bonds. The molecule has 7 heteroatoms. The number of piperidine rings is 1. The Kier molecular flexibility index (Phi) is 5.78. The molecule has 2 fully saturated rings. The molecule has 1 aromatic carbocycles. The maximum absolute atomic E-state index is 12.4. The van der Waals surface area contributed by atoms with Crippen molar-refractivity contribution in [2.75, 3.05) is 20.2 Å². The molecule has 2 aliphatic rings. The van der Waals surface area contributed by atoms with Crippen LogP contribution in [0, 0.1) is 5.92 Å². The van der Waals surface area contributed by atoms with Gasteiger partial charge < -0.3 is 14.4 Å². The maximum Gasteiger partial charge on any atom is 0.276 e. The van der Waals surface area contributed by atoms with Crippen LogP contribution in [0.1, 0.15) is 54.6 Å². The third kappa shape index (κ3) is 4.29. The summed E-state index contributed by atoms with van der Waals surface area (Å²) < 4.78 is 11.7. The zero-order chi connectivity index (χ0) is 19.3. The number of carbonyl (C=O) groups is 1. The summed E-state index contributed by atoms with van der Waals surface area (Å²) >= 11 is 0. The number of hydrogen-bond donors (Lipinski definition) is 1. The van der Waals surface area contributed by atoms with Crippen LogP contribution in [-0.2, 0) is 6.42 Å². The monoisotopic (exact) mass is 384 g/mol. The van der Waals surface area contributed by atoms with E-state index in [4.69, 9.17) is 9.47 Å². The Balaban J connectivity index is 1.35. The number of likely N-dealkylation sites (tertiary alicyclic amines) is 1. The molecule has 0 atom stereocenters. The molecule has 28 heavy (non-hydrogen) atoms. The fourth-order valence-corrected chi connectivity index (χ4v) is 4.27. The number of hydrogen-bond acceptors (Lipinski definition) is 5. The first-order valence-electron chi connectivity index (χ1n) is 10.2. The fraction of sp³-hybridized carbons (Fsp3) is 0.571. The van der Waals surface area contributed by atoms with Crippen LogP contribution in [0.5, 0.6) is 11.5 Å². The van der Waals surface area contributed by atoms with Gasteiger partial charge in [0.2, 0.25) is 0 Å². The number of aromatic nitrogens is 3. The van der Waals surface area contributed by atoms with Crippen LogP contribution in [0.25, 0.3) is 0 Å². The summed E-state index contributed by atoms with van der Waals surface area (Å²) in [6.45, 7) is 1.52. The standard InChI is InChI=1S/C21H28N4O3/c1-27-19-7-6-16(13-20(19)28-17-4-2-3-5-17)12-15-8-10-25(11-9-15)21(26)18-14-22-24-23-18/h6-7,13-15,17H,2-5,8-12H2,1H3,(H,22,23,24). The van der Waals surface area contributed by atoms with Crippen LogP contribution in [0.4, 0.5) is 0 Å². The van der Waals surface area contributed by atoms with Gasteiger partial charge in [0.05, 0.1) is 19.4 Å². The van der Waals surface area contributed by atoms with Crippen LogP contribution < -0.4 is 9.47 Å². The van der Waals surface area contributed by atoms with Crippen LogP contribution >= 0.6 is 0 Å². The van der Waals surface area contributed by atoms with Gasteiger partial charge in [-0.05, 0) is 68.6 Å². The molecule has 7 nitrogen and oxygen atoms in total. The highest BCUT2D eigenvalue weighted by atomic mass is 16.5. The van der Waals surface area contributed by atoms with Crippen molar-refractivity contribution in [2.45, 2.75) is 51.0 Å². The number of aromatic amines is 1. The highest BCUT2D eigenvalue weighted by Crippen LogP contribution is 2.34. The topological polar surface area (TPSA) is 80.3 Å². The highest BCUT2D eigenvalue weighted by Gasteiger charge is 2.25. The predicted octanol–water partition coefficient (Wildman–Crippen LogP) is 3.23. The van der Waals surface area contributed by atoms with E-state index in [9.17, 15) is 4.79 Å². The Morgan fingerprint density at radius 2 is 1.96 bits per heavy atom. The molecule has 0 spiro atoms. The number of benzene rings is 1. The molecule has 0 unspecified atom stereocenters. The summed E-state index contributed by atoms with van der Waals surface area (Å²) in [5.41, 5.74) is 1.66. The van der Waals surface area contributed by atoms with Crippen LogP contribution in [-0.4, -0.2) is 52.5 Å². The summed E-state index contributed by atoms with van der Waals surface area (Å²) in [6, 6.07) is 6.29. The average molecular weight is 384 g/mol. The van der Waals surface area contributed by atoms with E-state index in [0.29, 0.717) is 17.7 Å². The number of nitrogens with one attached hydrogen (secondary N) is 1. The van der Waals surface area contributed by atoms with Gasteiger partial charge in [-0.3, -0.25) is 4.79 Å². The minimum atomic E-state index is -0.0381. The Hall–Kier alpha value is -2.57. The molecule has 1 aromatic heterocycles. The van der Waals surface area contributed by atoms with Gasteiger partial charge in [0.25, 0.3) is 5.91 Å². The zero-order valence-corrected chi connectivity index (χ0v) is 16.4. The molecule has 150 valence electrons. The molecular weight excluding hydrogens is 356 g/mol. The lowest BCUT2D eigenvalue weighted by molar-refractivity contribution is 0.0684. The Bertz CT molecular complexity index is 779. The fourth-order valence-electron chi connectivity index (χ4n) is 4.27. The quantitative estimate of drug-likeness (QED) is 0.827. The summed E-state index contributed by atoms with van der Waals surface area (Å²) in [6.07, 6.45) is 9.54. The number of ether oxygens (including phenoxy) is 2. The van der Waals surface area contributed by atoms with Crippen molar-refractivity contribution in [3.8, 4) is 11.5 Å². The summed E-state index contributed by atoms with van der Waals surface area (Å²) in [5.74, 6) is 2.20. The summed E-state index contributed by atoms with van der Waals surface area (Å²) in [5, 5.41) is 10.1. The Labute approximate surface area is 165 Å². The first kappa shape index (κ1) is 18.8. The van der Waals surface area contributed by atoms with Crippen LogP contribution in [0.2, 0.25) is 0 Å². The van der Waals surface area contributed by atoms with Gasteiger partial charge in [-0.25, -0.2) is 0 Å². The molecule has 4 rings (SSSR count). The number of nitrogens with zero attached hydrogens (tertiary/aromatic N) is 3. The van der Waals surface area contributed by atoms with E-state index in [1.54, 1.807) is 7.11 Å². The normalized spacial score (nSPS) is 18.4. The second-order valence-electron chi connectivity index (χ2n) is 7.80. The maximum atomic E-state index is 12.4. The number of amides is 1. The molecule has 1 saturated heterocycles. The minimum Gasteiger partial charge on any atom is -0.493 e. The van der Waals surface area contributed by atoms with Gasteiger partial charge >= 0.3 is 0 Å². The van der Waals surface area contributed by atoms with Crippen molar-refractivity contribution in [3.05, 3.63) is 35.7 Å². The van der Waals surface area contributed by atoms with Crippen LogP contribution in [0.15, 0.2) is 24.4 Å². The van der Waals surface area contributed by atoms with Crippen LogP contribution in [0.3, 0.4) is 0 Å². The van der Waals surface area contributed by atoms with Gasteiger partial charge in [0.1, 0.15) is 0 Å². The van der Waals surface area contributed by atoms with Gasteiger partial charge in [0, 0.05) is 13.1 Å². The van der Waals surface area contributed by atoms with E-state index in [2.05, 4.69) is 27.5 Å². The van der Waals surface area contributed by atoms with E-state index in [1.807, 2.05) is 11.0 Å². The number of carbonyl (C=O) groups excluding carboxylic acids is 1. The highest BCUT2D eigenvalue weighted by molar-refractivity contribution is 5.91. The molecule has 2 aromatic rings. The minimum absolute atomic E-state index is 0.0381. The molecule has 0 bridgehead atoms. The van der Waals surface area contributed by atoms with Crippen molar-refractivity contribution in [1.29, 1.82) is 0 Å². The molecule has 1 saturated carbocycles. The SMILES string of the molecule is COc1ccc(CC2CCN(C(=O)c3cn[nH]n3)CC2)cc1OC1CCCC1. The third-order valence-corrected chi connectivity index (χ3v) is 5.88. The van der Waals surface area contributed by atoms with Crippen molar-refractivity contribution < 1.29 is 14.3 Å². The molecule has 2 heterocycles. The number of rotatable bonds is 6. The van der Waals surface area contributed by atoms with Crippen molar-refractivity contribution in [1.82, 2.24) is 20.3 Å². The van der Waals surface area contributed by atoms with E-state index in [0.717, 1.165) is 56.7 Å². The van der Waals surface area contributed by atoms with Gasteiger partial charge in [-0.1, -0.05) is 6.07 Å². The molecule has 1 N–H and O–H groups in total. The van der Waals surface area contributed by atoms with Crippen molar-refractivity contribution in [3.63, 3.8) is 0 Å².